The number of aryl methyl sites for hydroxylation is 1. The van der Waals surface area contributed by atoms with Crippen LogP contribution in [0.15, 0.2) is 24.3 Å². The van der Waals surface area contributed by atoms with Crippen LogP contribution in [0.2, 0.25) is 0 Å². The second-order valence-corrected chi connectivity index (χ2v) is 6.33. The Morgan fingerprint density at radius 3 is 2.50 bits per heavy atom. The fourth-order valence-corrected chi connectivity index (χ4v) is 2.82. The maximum atomic E-state index is 3.56. The van der Waals surface area contributed by atoms with Gasteiger partial charge in [0.1, 0.15) is 0 Å². The zero-order chi connectivity index (χ0) is 13.2. The highest BCUT2D eigenvalue weighted by Gasteiger charge is 2.50. The van der Waals surface area contributed by atoms with Gasteiger partial charge < -0.3 is 5.32 Å². The number of nitrogens with one attached hydrogen (secondary N) is 1. The summed E-state index contributed by atoms with van der Waals surface area (Å²) in [4.78, 5) is 0. The van der Waals surface area contributed by atoms with Crippen molar-refractivity contribution in [1.82, 2.24) is 5.32 Å². The highest BCUT2D eigenvalue weighted by atomic mass is 14.9. The first-order valence-electron chi connectivity index (χ1n) is 7.39. The van der Waals surface area contributed by atoms with Gasteiger partial charge in [-0.25, -0.2) is 0 Å². The van der Waals surface area contributed by atoms with Crippen LogP contribution in [-0.2, 0) is 11.8 Å². The first-order chi connectivity index (χ1) is 8.56. The van der Waals surface area contributed by atoms with E-state index in [0.29, 0.717) is 11.5 Å². The molecule has 0 aliphatic heterocycles. The van der Waals surface area contributed by atoms with E-state index in [1.54, 1.807) is 0 Å². The highest BCUT2D eigenvalue weighted by Crippen LogP contribution is 2.53. The fraction of sp³-hybridized carbons (Fsp3) is 0.647. The van der Waals surface area contributed by atoms with Crippen LogP contribution in [0, 0.1) is 5.92 Å². The molecular weight excluding hydrogens is 218 g/mol. The lowest BCUT2D eigenvalue weighted by Gasteiger charge is -2.14. The van der Waals surface area contributed by atoms with Crippen LogP contribution >= 0.6 is 0 Å². The molecule has 1 N–H and O–H groups in total. The molecule has 0 saturated heterocycles. The van der Waals surface area contributed by atoms with E-state index in [0.717, 1.165) is 12.5 Å². The van der Waals surface area contributed by atoms with Crippen molar-refractivity contribution in [2.45, 2.75) is 58.4 Å². The Kier molecular flexibility index (Phi) is 4.11. The van der Waals surface area contributed by atoms with Gasteiger partial charge >= 0.3 is 0 Å². The molecule has 1 saturated carbocycles. The molecule has 18 heavy (non-hydrogen) atoms. The highest BCUT2D eigenvalue weighted by molar-refractivity contribution is 5.35. The van der Waals surface area contributed by atoms with E-state index in [4.69, 9.17) is 0 Å². The third-order valence-electron chi connectivity index (χ3n) is 4.34. The molecule has 1 aromatic rings. The minimum atomic E-state index is 0.423. The van der Waals surface area contributed by atoms with Crippen LogP contribution in [0.3, 0.4) is 0 Å². The van der Waals surface area contributed by atoms with E-state index in [-0.39, 0.29) is 0 Å². The first kappa shape index (κ1) is 13.6. The van der Waals surface area contributed by atoms with Gasteiger partial charge in [-0.15, -0.1) is 0 Å². The van der Waals surface area contributed by atoms with Gasteiger partial charge in [-0.1, -0.05) is 58.4 Å². The van der Waals surface area contributed by atoms with Crippen LogP contribution in [0.5, 0.6) is 0 Å². The molecule has 0 bridgehead atoms. The Morgan fingerprint density at radius 1 is 1.28 bits per heavy atom. The van der Waals surface area contributed by atoms with Crippen molar-refractivity contribution in [3.63, 3.8) is 0 Å². The van der Waals surface area contributed by atoms with Gasteiger partial charge in [0.15, 0.2) is 0 Å². The Morgan fingerprint density at radius 2 is 1.94 bits per heavy atom. The van der Waals surface area contributed by atoms with Crippen molar-refractivity contribution in [1.29, 1.82) is 0 Å². The normalized spacial score (nSPS) is 26.6. The van der Waals surface area contributed by atoms with Gasteiger partial charge in [0.05, 0.1) is 0 Å². The molecule has 1 aromatic carbocycles. The summed E-state index contributed by atoms with van der Waals surface area (Å²) in [5.41, 5.74) is 3.42. The zero-order valence-corrected chi connectivity index (χ0v) is 12.3. The van der Waals surface area contributed by atoms with Crippen LogP contribution in [0.25, 0.3) is 0 Å². The maximum absolute atomic E-state index is 3.56. The molecule has 1 fully saturated rings. The summed E-state index contributed by atoms with van der Waals surface area (Å²) in [6.45, 7) is 10.3. The molecular formula is C17H27N. The van der Waals surface area contributed by atoms with E-state index in [9.17, 15) is 0 Å². The van der Waals surface area contributed by atoms with Crippen LogP contribution in [0.1, 0.15) is 51.7 Å². The molecule has 0 heterocycles. The molecule has 0 amide bonds. The molecule has 1 aliphatic rings. The number of benzene rings is 1. The van der Waals surface area contributed by atoms with Crippen molar-refractivity contribution in [2.75, 3.05) is 6.54 Å². The van der Waals surface area contributed by atoms with E-state index in [1.165, 1.54) is 30.4 Å². The van der Waals surface area contributed by atoms with Gasteiger partial charge in [0.25, 0.3) is 0 Å². The number of rotatable bonds is 6. The molecule has 100 valence electrons. The lowest BCUT2D eigenvalue weighted by atomic mass is 9.94. The maximum Gasteiger partial charge on any atom is 0.00104 e. The quantitative estimate of drug-likeness (QED) is 0.801. The Bertz CT molecular complexity index is 379. The Balaban J connectivity index is 1.95. The number of hydrogen-bond acceptors (Lipinski definition) is 1. The standard InChI is InChI=1S/C17H27N/c1-5-6-14-7-9-15(10-8-14)17(4)11-16(17)12-18-13(2)3/h7-10,13,16,18H,5-6,11-12H2,1-4H3. The summed E-state index contributed by atoms with van der Waals surface area (Å²) >= 11 is 0. The molecule has 0 spiro atoms. The largest absolute Gasteiger partial charge is 0.314 e. The van der Waals surface area contributed by atoms with E-state index in [2.05, 4.69) is 57.3 Å². The Labute approximate surface area is 112 Å². The van der Waals surface area contributed by atoms with Crippen molar-refractivity contribution in [3.8, 4) is 0 Å². The van der Waals surface area contributed by atoms with E-state index >= 15 is 0 Å². The smallest absolute Gasteiger partial charge is 0.00104 e. The van der Waals surface area contributed by atoms with Gasteiger partial charge in [-0.05, 0) is 41.8 Å². The van der Waals surface area contributed by atoms with Crippen LogP contribution in [-0.4, -0.2) is 12.6 Å². The summed E-state index contributed by atoms with van der Waals surface area (Å²) in [7, 11) is 0. The van der Waals surface area contributed by atoms with Crippen molar-refractivity contribution >= 4 is 0 Å². The third kappa shape index (κ3) is 2.95. The summed E-state index contributed by atoms with van der Waals surface area (Å²) < 4.78 is 0. The summed E-state index contributed by atoms with van der Waals surface area (Å²) in [6, 6.07) is 9.92. The summed E-state index contributed by atoms with van der Waals surface area (Å²) in [6.07, 6.45) is 3.77. The minimum absolute atomic E-state index is 0.423. The second kappa shape index (κ2) is 5.44. The second-order valence-electron chi connectivity index (χ2n) is 6.33. The third-order valence-corrected chi connectivity index (χ3v) is 4.34. The topological polar surface area (TPSA) is 12.0 Å². The van der Waals surface area contributed by atoms with Gasteiger partial charge in [-0.3, -0.25) is 0 Å². The van der Waals surface area contributed by atoms with Crippen LogP contribution < -0.4 is 5.32 Å². The summed E-state index contributed by atoms with van der Waals surface area (Å²) in [5, 5.41) is 3.56. The van der Waals surface area contributed by atoms with Crippen molar-refractivity contribution < 1.29 is 0 Å². The fourth-order valence-electron chi connectivity index (χ4n) is 2.82. The average molecular weight is 245 g/mol. The Hall–Kier alpha value is -0.820. The molecule has 0 aromatic heterocycles. The van der Waals surface area contributed by atoms with Gasteiger partial charge in [0, 0.05) is 6.04 Å². The van der Waals surface area contributed by atoms with Crippen molar-refractivity contribution in [2.24, 2.45) is 5.92 Å². The molecule has 2 unspecified atom stereocenters. The molecule has 2 rings (SSSR count). The predicted octanol–water partition coefficient (Wildman–Crippen LogP) is 3.91. The lowest BCUT2D eigenvalue weighted by Crippen LogP contribution is -2.26. The molecule has 1 nitrogen and oxygen atoms in total. The first-order valence-corrected chi connectivity index (χ1v) is 7.39. The van der Waals surface area contributed by atoms with Gasteiger partial charge in [0.2, 0.25) is 0 Å². The number of hydrogen-bond donors (Lipinski definition) is 1. The predicted molar refractivity (Wildman–Crippen MR) is 79.0 cm³/mol. The van der Waals surface area contributed by atoms with Crippen molar-refractivity contribution in [3.05, 3.63) is 35.4 Å². The summed E-state index contributed by atoms with van der Waals surface area (Å²) in [5.74, 6) is 0.817. The SMILES string of the molecule is CCCc1ccc(C2(C)CC2CNC(C)C)cc1. The van der Waals surface area contributed by atoms with E-state index < -0.39 is 0 Å². The monoisotopic (exact) mass is 245 g/mol. The lowest BCUT2D eigenvalue weighted by molar-refractivity contribution is 0.528. The molecule has 0 radical (unpaired) electrons. The van der Waals surface area contributed by atoms with Gasteiger partial charge in [-0.2, -0.15) is 0 Å². The molecule has 1 heteroatoms. The molecule has 2 atom stereocenters. The zero-order valence-electron chi connectivity index (χ0n) is 12.3. The average Bonchev–Trinajstić information content (AvgIpc) is 3.01. The molecule has 1 aliphatic carbocycles. The minimum Gasteiger partial charge on any atom is -0.314 e. The van der Waals surface area contributed by atoms with E-state index in [1.807, 2.05) is 0 Å². The van der Waals surface area contributed by atoms with Crippen LogP contribution in [0.4, 0.5) is 0 Å².